The summed E-state index contributed by atoms with van der Waals surface area (Å²) in [4.78, 5) is 27.8. The number of hydrogen-bond donors (Lipinski definition) is 2. The van der Waals surface area contributed by atoms with E-state index >= 15 is 0 Å². The molecule has 0 saturated heterocycles. The number of hydrogen-bond acceptors (Lipinski definition) is 4. The summed E-state index contributed by atoms with van der Waals surface area (Å²) in [6.07, 6.45) is -3.80. The van der Waals surface area contributed by atoms with Gasteiger partial charge in [0.15, 0.2) is 11.4 Å². The van der Waals surface area contributed by atoms with E-state index in [1.54, 1.807) is 19.2 Å². The number of benzene rings is 1. The molecule has 10 heteroatoms. The third-order valence-electron chi connectivity index (χ3n) is 5.94. The van der Waals surface area contributed by atoms with Crippen LogP contribution in [0, 0.1) is 11.8 Å². The first-order valence-electron chi connectivity index (χ1n) is 10.1. The standard InChI is InChI=1S/C22H21F3N4O3/c1-28(11-30)7-6-15(31)4-2-12-3-5-16-13-9-14(10-13)29-19(22(23,24)25)18(20(26)32)27-21(29)17(16)8-12/h3,5,8,11,13-15,31H,6-7,9-10H2,1H3,(H2,26,32). The minimum atomic E-state index is -4.78. The molecule has 5 rings (SSSR count). The van der Waals surface area contributed by atoms with Gasteiger partial charge in [-0.15, -0.1) is 0 Å². The van der Waals surface area contributed by atoms with Gasteiger partial charge < -0.3 is 20.3 Å². The lowest BCUT2D eigenvalue weighted by Gasteiger charge is -2.35. The number of alkyl halides is 3. The van der Waals surface area contributed by atoms with Gasteiger partial charge in [-0.25, -0.2) is 4.98 Å². The number of amides is 2. The third kappa shape index (κ3) is 3.84. The number of primary amides is 1. The lowest BCUT2D eigenvalue weighted by Crippen LogP contribution is -2.28. The molecule has 32 heavy (non-hydrogen) atoms. The van der Waals surface area contributed by atoms with Crippen LogP contribution in [0.1, 0.15) is 58.5 Å². The number of aromatic nitrogens is 2. The van der Waals surface area contributed by atoms with Gasteiger partial charge in [-0.2, -0.15) is 13.2 Å². The average molecular weight is 446 g/mol. The number of carbonyl (C=O) groups excluding carboxylic acids is 2. The maximum absolute atomic E-state index is 13.8. The summed E-state index contributed by atoms with van der Waals surface area (Å²) >= 11 is 0. The van der Waals surface area contributed by atoms with Gasteiger partial charge in [-0.3, -0.25) is 9.59 Å². The Labute approximate surface area is 182 Å². The van der Waals surface area contributed by atoms with Crippen LogP contribution in [0.25, 0.3) is 11.4 Å². The van der Waals surface area contributed by atoms with Crippen LogP contribution in [-0.2, 0) is 11.0 Å². The van der Waals surface area contributed by atoms with E-state index in [0.29, 0.717) is 36.9 Å². The first-order valence-corrected chi connectivity index (χ1v) is 10.1. The van der Waals surface area contributed by atoms with Gasteiger partial charge >= 0.3 is 6.18 Å². The maximum Gasteiger partial charge on any atom is 0.433 e. The Balaban J connectivity index is 1.75. The molecule has 1 aliphatic carbocycles. The first kappa shape index (κ1) is 21.9. The van der Waals surface area contributed by atoms with Crippen molar-refractivity contribution >= 4 is 12.3 Å². The van der Waals surface area contributed by atoms with Crippen LogP contribution in [0.5, 0.6) is 0 Å². The Morgan fingerprint density at radius 2 is 2.16 bits per heavy atom. The van der Waals surface area contributed by atoms with Gasteiger partial charge in [-0.1, -0.05) is 17.9 Å². The molecule has 3 aliphatic rings. The van der Waals surface area contributed by atoms with E-state index in [-0.39, 0.29) is 18.2 Å². The minimum Gasteiger partial charge on any atom is -0.380 e. The molecule has 2 bridgehead atoms. The van der Waals surface area contributed by atoms with Crippen molar-refractivity contribution in [2.24, 2.45) is 5.73 Å². The Hall–Kier alpha value is -3.32. The van der Waals surface area contributed by atoms with Gasteiger partial charge in [0.1, 0.15) is 11.9 Å². The number of carbonyl (C=O) groups is 2. The highest BCUT2D eigenvalue weighted by Crippen LogP contribution is 2.54. The average Bonchev–Trinajstić information content (AvgIpc) is 3.00. The van der Waals surface area contributed by atoms with Crippen molar-refractivity contribution in [3.05, 3.63) is 40.7 Å². The first-order chi connectivity index (χ1) is 15.1. The minimum absolute atomic E-state index is 0.0583. The highest BCUT2D eigenvalue weighted by molar-refractivity contribution is 5.93. The summed E-state index contributed by atoms with van der Waals surface area (Å²) in [6, 6.07) is 4.79. The molecule has 168 valence electrons. The fourth-order valence-corrected chi connectivity index (χ4v) is 4.27. The monoisotopic (exact) mass is 446 g/mol. The number of nitrogens with zero attached hydrogens (tertiary/aromatic N) is 3. The summed E-state index contributed by atoms with van der Waals surface area (Å²) in [5.41, 5.74) is 5.16. The van der Waals surface area contributed by atoms with Crippen molar-refractivity contribution in [3.63, 3.8) is 0 Å². The predicted molar refractivity (Wildman–Crippen MR) is 108 cm³/mol. The Kier molecular flexibility index (Phi) is 5.46. The zero-order valence-electron chi connectivity index (χ0n) is 17.2. The maximum atomic E-state index is 13.8. The number of aliphatic hydroxyl groups is 1. The zero-order valence-corrected chi connectivity index (χ0v) is 17.2. The van der Waals surface area contributed by atoms with Crippen LogP contribution in [0.15, 0.2) is 18.2 Å². The topological polar surface area (TPSA) is 101 Å². The third-order valence-corrected chi connectivity index (χ3v) is 5.94. The number of aliphatic hydroxyl groups excluding tert-OH is 1. The zero-order chi connectivity index (χ0) is 23.2. The Bertz CT molecular complexity index is 1140. The summed E-state index contributed by atoms with van der Waals surface area (Å²) in [7, 11) is 1.59. The number of nitrogens with two attached hydrogens (primary N) is 1. The SMILES string of the molecule is CN(C=O)CCC(O)C#Cc1ccc2c(c1)-c1nc(C(N)=O)c(C(F)(F)F)n1C1CC2C1. The van der Waals surface area contributed by atoms with E-state index in [1.807, 2.05) is 6.07 Å². The summed E-state index contributed by atoms with van der Waals surface area (Å²) in [5.74, 6) is 4.45. The van der Waals surface area contributed by atoms with Gasteiger partial charge in [-0.05, 0) is 36.5 Å². The van der Waals surface area contributed by atoms with Crippen LogP contribution in [0.3, 0.4) is 0 Å². The second-order valence-electron chi connectivity index (χ2n) is 8.15. The molecule has 2 amide bonds. The van der Waals surface area contributed by atoms with Gasteiger partial charge in [0.2, 0.25) is 6.41 Å². The lowest BCUT2D eigenvalue weighted by molar-refractivity contribution is -0.145. The molecule has 2 aliphatic heterocycles. The van der Waals surface area contributed by atoms with Crippen molar-refractivity contribution < 1.29 is 27.9 Å². The van der Waals surface area contributed by atoms with E-state index in [2.05, 4.69) is 16.8 Å². The number of halogens is 3. The van der Waals surface area contributed by atoms with Crippen LogP contribution in [0.4, 0.5) is 13.2 Å². The molecule has 2 aromatic rings. The molecule has 7 nitrogen and oxygen atoms in total. The normalized spacial score (nSPS) is 19.4. The highest BCUT2D eigenvalue weighted by Gasteiger charge is 2.48. The van der Waals surface area contributed by atoms with Crippen LogP contribution < -0.4 is 5.73 Å². The van der Waals surface area contributed by atoms with Crippen LogP contribution in [-0.4, -0.2) is 51.6 Å². The van der Waals surface area contributed by atoms with E-state index < -0.39 is 35.6 Å². The quantitative estimate of drug-likeness (QED) is 0.544. The molecule has 1 atom stereocenters. The van der Waals surface area contributed by atoms with E-state index in [1.165, 1.54) is 4.90 Å². The molecule has 1 saturated carbocycles. The summed E-state index contributed by atoms with van der Waals surface area (Å²) in [5, 5.41) is 10.0. The molecule has 1 aromatic carbocycles. The van der Waals surface area contributed by atoms with E-state index in [0.717, 1.165) is 10.1 Å². The van der Waals surface area contributed by atoms with Crippen LogP contribution in [0.2, 0.25) is 0 Å². The van der Waals surface area contributed by atoms with E-state index in [4.69, 9.17) is 5.73 Å². The van der Waals surface area contributed by atoms with Crippen molar-refractivity contribution in [2.75, 3.05) is 13.6 Å². The van der Waals surface area contributed by atoms with Gasteiger partial charge in [0, 0.05) is 37.2 Å². The molecule has 0 spiro atoms. The molecule has 0 radical (unpaired) electrons. The second kappa shape index (κ2) is 7.98. The second-order valence-corrected chi connectivity index (χ2v) is 8.15. The molecule has 3 heterocycles. The fourth-order valence-electron chi connectivity index (χ4n) is 4.27. The smallest absolute Gasteiger partial charge is 0.380 e. The van der Waals surface area contributed by atoms with Crippen molar-refractivity contribution in [3.8, 4) is 23.2 Å². The largest absolute Gasteiger partial charge is 0.433 e. The number of rotatable bonds is 5. The Morgan fingerprint density at radius 1 is 1.44 bits per heavy atom. The molecular weight excluding hydrogens is 425 g/mol. The molecular formula is C22H21F3N4O3. The summed E-state index contributed by atoms with van der Waals surface area (Å²) < 4.78 is 42.6. The van der Waals surface area contributed by atoms with Crippen LogP contribution >= 0.6 is 0 Å². The fraction of sp³-hybridized carbons (Fsp3) is 0.409. The van der Waals surface area contributed by atoms with Crippen molar-refractivity contribution in [2.45, 2.75) is 43.5 Å². The molecule has 1 unspecified atom stereocenters. The van der Waals surface area contributed by atoms with Crippen molar-refractivity contribution in [1.82, 2.24) is 14.5 Å². The number of imidazole rings is 1. The van der Waals surface area contributed by atoms with E-state index in [9.17, 15) is 27.9 Å². The van der Waals surface area contributed by atoms with Crippen molar-refractivity contribution in [1.29, 1.82) is 0 Å². The molecule has 1 fully saturated rings. The highest BCUT2D eigenvalue weighted by atomic mass is 19.4. The summed E-state index contributed by atoms with van der Waals surface area (Å²) in [6.45, 7) is 0.333. The lowest BCUT2D eigenvalue weighted by atomic mass is 9.75. The molecule has 3 N–H and O–H groups in total. The van der Waals surface area contributed by atoms with Gasteiger partial charge in [0.05, 0.1) is 0 Å². The predicted octanol–water partition coefficient (Wildman–Crippen LogP) is 2.29. The van der Waals surface area contributed by atoms with Gasteiger partial charge in [0.25, 0.3) is 5.91 Å². The molecule has 1 aromatic heterocycles. The Morgan fingerprint density at radius 3 is 2.78 bits per heavy atom.